The number of ether oxygens (including phenoxy) is 1. The third-order valence-corrected chi connectivity index (χ3v) is 11.5. The summed E-state index contributed by atoms with van der Waals surface area (Å²) in [7, 11) is 0. The largest absolute Gasteiger partial charge is 0.448 e. The molecule has 2 atom stereocenters. The number of carbonyl (C=O) groups is 3. The first kappa shape index (κ1) is 30.9. The van der Waals surface area contributed by atoms with Crippen molar-refractivity contribution >= 4 is 62.9 Å². The first-order valence-electron chi connectivity index (χ1n) is 14.8. The van der Waals surface area contributed by atoms with Crippen molar-refractivity contribution in [3.8, 4) is 0 Å². The summed E-state index contributed by atoms with van der Waals surface area (Å²) < 4.78 is 7.64. The van der Waals surface area contributed by atoms with E-state index < -0.39 is 23.5 Å². The number of hydrogen-bond acceptors (Lipinski definition) is 9. The maximum atomic E-state index is 14.3. The van der Waals surface area contributed by atoms with Crippen molar-refractivity contribution in [3.05, 3.63) is 153 Å². The van der Waals surface area contributed by atoms with Crippen LogP contribution in [0.2, 0.25) is 0 Å². The number of nitrogens with one attached hydrogen (secondary N) is 1. The highest BCUT2D eigenvalue weighted by Gasteiger charge is 2.54. The van der Waals surface area contributed by atoms with Crippen molar-refractivity contribution < 1.29 is 19.1 Å². The molecule has 8 nitrogen and oxygen atoms in total. The first-order valence-corrected chi connectivity index (χ1v) is 17.5. The monoisotopic (exact) mass is 677 g/mol. The molecule has 2 aromatic heterocycles. The van der Waals surface area contributed by atoms with Crippen molar-refractivity contribution in [3.63, 3.8) is 0 Å². The fourth-order valence-corrected chi connectivity index (χ4v) is 9.39. The normalized spacial score (nSPS) is 17.3. The van der Waals surface area contributed by atoms with Crippen LogP contribution in [-0.2, 0) is 25.5 Å². The minimum absolute atomic E-state index is 0.125. The fourth-order valence-electron chi connectivity index (χ4n) is 5.55. The molecule has 1 fully saturated rings. The van der Waals surface area contributed by atoms with E-state index in [2.05, 4.69) is 10.3 Å². The van der Waals surface area contributed by atoms with Gasteiger partial charge in [-0.3, -0.25) is 24.3 Å². The van der Waals surface area contributed by atoms with E-state index in [1.807, 2.05) is 97.1 Å². The van der Waals surface area contributed by atoms with Crippen LogP contribution in [0.1, 0.15) is 22.8 Å². The number of hydrogen-bond donors (Lipinski definition) is 1. The number of pyridine rings is 1. The minimum atomic E-state index is -0.785. The predicted molar refractivity (Wildman–Crippen MR) is 185 cm³/mol. The Bertz CT molecular complexity index is 2020. The van der Waals surface area contributed by atoms with Crippen molar-refractivity contribution in [1.82, 2.24) is 15.2 Å². The number of aromatic nitrogens is 1. The fraction of sp³-hybridized carbons (Fsp3) is 0.139. The summed E-state index contributed by atoms with van der Waals surface area (Å²) in [6.07, 6.45) is 0.995. The molecule has 7 rings (SSSR count). The Morgan fingerprint density at radius 1 is 0.915 bits per heavy atom. The van der Waals surface area contributed by atoms with Crippen molar-refractivity contribution in [1.29, 1.82) is 0 Å². The SMILES string of the molecule is O=C(Cc1ccccc1)NC1C(=O)N2C(C(=O)OC(c3ccccc3)c3ccccc3)=C(Sc3cc(=O)c4ncccc4s3)CS[C@@H]12. The Morgan fingerprint density at radius 3 is 2.26 bits per heavy atom. The predicted octanol–water partition coefficient (Wildman–Crippen LogP) is 5.94. The highest BCUT2D eigenvalue weighted by atomic mass is 32.2. The van der Waals surface area contributed by atoms with Gasteiger partial charge in [0.15, 0.2) is 6.10 Å². The molecular formula is C36H27N3O5S3. The highest BCUT2D eigenvalue weighted by molar-refractivity contribution is 8.07. The third-order valence-electron chi connectivity index (χ3n) is 7.77. The minimum Gasteiger partial charge on any atom is -0.448 e. The number of amides is 2. The number of rotatable bonds is 9. The summed E-state index contributed by atoms with van der Waals surface area (Å²) in [6.45, 7) is 0. The number of esters is 1. The van der Waals surface area contributed by atoms with Crippen LogP contribution in [-0.4, -0.2) is 44.8 Å². The van der Waals surface area contributed by atoms with E-state index in [0.29, 0.717) is 20.4 Å². The van der Waals surface area contributed by atoms with Gasteiger partial charge in [-0.1, -0.05) is 103 Å². The molecule has 4 heterocycles. The molecule has 11 heteroatoms. The van der Waals surface area contributed by atoms with E-state index in [-0.39, 0.29) is 29.4 Å². The van der Waals surface area contributed by atoms with Crippen LogP contribution >= 0.6 is 34.9 Å². The summed E-state index contributed by atoms with van der Waals surface area (Å²) in [6, 6.07) is 32.5. The molecule has 3 aromatic carbocycles. The molecule has 2 aliphatic heterocycles. The standard InChI is InChI=1S/C36H27N3O5S3/c40-25-20-29(46-26-17-10-18-37-30(25)26)47-27-21-45-35-31(38-28(41)19-22-11-4-1-5-12-22)34(42)39(35)32(27)36(43)44-33(23-13-6-2-7-14-23)24-15-8-3-9-16-24/h1-18,20,31,33,35H,19,21H2,(H,38,41)/t31?,35-/m0/s1. The van der Waals surface area contributed by atoms with Gasteiger partial charge in [0.05, 0.1) is 15.3 Å². The zero-order valence-electron chi connectivity index (χ0n) is 24.8. The van der Waals surface area contributed by atoms with Gasteiger partial charge >= 0.3 is 5.97 Å². The molecule has 0 radical (unpaired) electrons. The molecule has 1 saturated heterocycles. The lowest BCUT2D eigenvalue weighted by Crippen LogP contribution is -2.70. The lowest BCUT2D eigenvalue weighted by atomic mass is 10.0. The Kier molecular flexibility index (Phi) is 8.92. The molecule has 47 heavy (non-hydrogen) atoms. The van der Waals surface area contributed by atoms with Crippen LogP contribution in [0.5, 0.6) is 0 Å². The van der Waals surface area contributed by atoms with Crippen LogP contribution in [0.25, 0.3) is 10.2 Å². The Hall–Kier alpha value is -4.71. The molecular weight excluding hydrogens is 651 g/mol. The van der Waals surface area contributed by atoms with Gasteiger partial charge in [-0.05, 0) is 28.8 Å². The highest BCUT2D eigenvalue weighted by Crippen LogP contribution is 2.47. The molecule has 0 spiro atoms. The number of carbonyl (C=O) groups excluding carboxylic acids is 3. The average Bonchev–Trinajstić information content (AvgIpc) is 3.10. The Morgan fingerprint density at radius 2 is 1.57 bits per heavy atom. The van der Waals surface area contributed by atoms with Crippen molar-refractivity contribution in [2.24, 2.45) is 0 Å². The van der Waals surface area contributed by atoms with E-state index >= 15 is 0 Å². The Balaban J connectivity index is 1.22. The van der Waals surface area contributed by atoms with Crippen molar-refractivity contribution in [2.45, 2.75) is 28.1 Å². The molecule has 1 N–H and O–H groups in total. The van der Waals surface area contributed by atoms with Crippen LogP contribution in [0.3, 0.4) is 0 Å². The maximum Gasteiger partial charge on any atom is 0.356 e. The smallest absolute Gasteiger partial charge is 0.356 e. The zero-order chi connectivity index (χ0) is 32.3. The van der Waals surface area contributed by atoms with Gasteiger partial charge in [-0.25, -0.2) is 4.79 Å². The molecule has 2 aliphatic rings. The van der Waals surface area contributed by atoms with E-state index in [1.165, 1.54) is 45.8 Å². The number of fused-ring (bicyclic) bond motifs is 2. The van der Waals surface area contributed by atoms with Gasteiger partial charge in [-0.2, -0.15) is 0 Å². The molecule has 5 aromatic rings. The summed E-state index contributed by atoms with van der Waals surface area (Å²) in [5, 5.41) is 2.39. The van der Waals surface area contributed by atoms with Crippen molar-refractivity contribution in [2.75, 3.05) is 5.75 Å². The van der Waals surface area contributed by atoms with E-state index in [9.17, 15) is 19.2 Å². The molecule has 0 aliphatic carbocycles. The lowest BCUT2D eigenvalue weighted by molar-refractivity contribution is -0.154. The second kappa shape index (κ2) is 13.6. The number of β-lactam (4-membered cyclic amide) rings is 1. The third kappa shape index (κ3) is 6.47. The molecule has 2 amide bonds. The molecule has 0 bridgehead atoms. The second-order valence-corrected chi connectivity index (χ2v) is 14.5. The van der Waals surface area contributed by atoms with Crippen LogP contribution in [0, 0.1) is 0 Å². The molecule has 234 valence electrons. The van der Waals surface area contributed by atoms with Gasteiger partial charge in [0.25, 0.3) is 5.91 Å². The van der Waals surface area contributed by atoms with Crippen LogP contribution in [0.15, 0.2) is 135 Å². The number of benzene rings is 3. The lowest BCUT2D eigenvalue weighted by Gasteiger charge is -2.49. The van der Waals surface area contributed by atoms with Gasteiger partial charge < -0.3 is 10.1 Å². The summed E-state index contributed by atoms with van der Waals surface area (Å²) >= 11 is 4.13. The number of nitrogens with zero attached hydrogens (tertiary/aromatic N) is 2. The number of thioether (sulfide) groups is 2. The second-order valence-electron chi connectivity index (χ2n) is 10.9. The zero-order valence-corrected chi connectivity index (χ0v) is 27.2. The summed E-state index contributed by atoms with van der Waals surface area (Å²) in [4.78, 5) is 60.1. The molecule has 1 unspecified atom stereocenters. The van der Waals surface area contributed by atoms with E-state index in [1.54, 1.807) is 12.3 Å². The Labute approximate surface area is 282 Å². The van der Waals surface area contributed by atoms with Crippen LogP contribution in [0.4, 0.5) is 0 Å². The quantitative estimate of drug-likeness (QED) is 0.151. The summed E-state index contributed by atoms with van der Waals surface area (Å²) in [5.41, 5.74) is 2.69. The average molecular weight is 678 g/mol. The molecule has 0 saturated carbocycles. The van der Waals surface area contributed by atoms with Gasteiger partial charge in [0.1, 0.15) is 22.6 Å². The summed E-state index contributed by atoms with van der Waals surface area (Å²) in [5.74, 6) is -0.943. The topological polar surface area (TPSA) is 106 Å². The van der Waals surface area contributed by atoms with Gasteiger partial charge in [-0.15, -0.1) is 23.1 Å². The van der Waals surface area contributed by atoms with Gasteiger partial charge in [0, 0.05) is 22.9 Å². The van der Waals surface area contributed by atoms with E-state index in [4.69, 9.17) is 4.74 Å². The van der Waals surface area contributed by atoms with Crippen LogP contribution < -0.4 is 10.7 Å². The maximum absolute atomic E-state index is 14.3. The van der Waals surface area contributed by atoms with E-state index in [0.717, 1.165) is 21.4 Å². The van der Waals surface area contributed by atoms with Gasteiger partial charge in [0.2, 0.25) is 11.3 Å². The first-order chi connectivity index (χ1) is 23.0.